The van der Waals surface area contributed by atoms with Crippen LogP contribution >= 0.6 is 12.4 Å². The predicted octanol–water partition coefficient (Wildman–Crippen LogP) is 3.02. The third-order valence-electron chi connectivity index (χ3n) is 1.97. The van der Waals surface area contributed by atoms with Crippen LogP contribution in [0.1, 0.15) is 17.2 Å². The number of halogens is 4. The van der Waals surface area contributed by atoms with Crippen molar-refractivity contribution < 1.29 is 18.3 Å². The Morgan fingerprint density at radius 3 is 2.38 bits per heavy atom. The fourth-order valence-corrected chi connectivity index (χ4v) is 1.12. The normalized spacial score (nSPS) is 12.8. The van der Waals surface area contributed by atoms with Gasteiger partial charge in [0.1, 0.15) is 5.75 Å². The quantitative estimate of drug-likeness (QED) is 0.796. The van der Waals surface area contributed by atoms with Gasteiger partial charge in [0.25, 0.3) is 0 Å². The molecule has 2 nitrogen and oxygen atoms in total. The molecular formula is C10H11ClF3NO. The van der Waals surface area contributed by atoms with E-state index in [2.05, 4.69) is 6.58 Å². The maximum Gasteiger partial charge on any atom is 0.416 e. The van der Waals surface area contributed by atoms with Crippen molar-refractivity contribution in [1.82, 2.24) is 0 Å². The Hall–Kier alpha value is -1.20. The number of phenols is 1. The highest BCUT2D eigenvalue weighted by Crippen LogP contribution is 2.33. The van der Waals surface area contributed by atoms with Crippen molar-refractivity contribution in [2.75, 3.05) is 0 Å². The molecule has 16 heavy (non-hydrogen) atoms. The molecule has 1 aromatic rings. The van der Waals surface area contributed by atoms with Crippen molar-refractivity contribution in [3.63, 3.8) is 0 Å². The van der Waals surface area contributed by atoms with Crippen molar-refractivity contribution in [2.24, 2.45) is 5.73 Å². The lowest BCUT2D eigenvalue weighted by Crippen LogP contribution is -2.10. The van der Waals surface area contributed by atoms with Crippen molar-refractivity contribution >= 4 is 12.4 Å². The van der Waals surface area contributed by atoms with Gasteiger partial charge in [0.15, 0.2) is 0 Å². The van der Waals surface area contributed by atoms with Gasteiger partial charge in [-0.15, -0.1) is 19.0 Å². The van der Waals surface area contributed by atoms with Crippen molar-refractivity contribution in [1.29, 1.82) is 0 Å². The molecule has 0 aliphatic heterocycles. The van der Waals surface area contributed by atoms with Crippen LogP contribution in [-0.2, 0) is 6.18 Å². The second kappa shape index (κ2) is 5.23. The molecule has 0 aliphatic rings. The minimum atomic E-state index is -4.44. The molecule has 90 valence electrons. The van der Waals surface area contributed by atoms with Gasteiger partial charge < -0.3 is 10.8 Å². The summed E-state index contributed by atoms with van der Waals surface area (Å²) in [6, 6.07) is 1.78. The fourth-order valence-electron chi connectivity index (χ4n) is 1.12. The van der Waals surface area contributed by atoms with Crippen LogP contribution in [0.4, 0.5) is 13.2 Å². The number of hydrogen-bond donors (Lipinski definition) is 2. The summed E-state index contributed by atoms with van der Waals surface area (Å²) in [5, 5.41) is 9.31. The van der Waals surface area contributed by atoms with E-state index in [4.69, 9.17) is 5.73 Å². The Morgan fingerprint density at radius 2 is 1.94 bits per heavy atom. The lowest BCUT2D eigenvalue weighted by atomic mass is 10.0. The molecule has 6 heteroatoms. The number of aromatic hydroxyl groups is 1. The Bertz CT molecular complexity index is 379. The van der Waals surface area contributed by atoms with Gasteiger partial charge in [0, 0.05) is 5.56 Å². The van der Waals surface area contributed by atoms with Crippen LogP contribution in [0.3, 0.4) is 0 Å². The van der Waals surface area contributed by atoms with Crippen molar-refractivity contribution in [3.8, 4) is 5.75 Å². The first-order valence-electron chi connectivity index (χ1n) is 4.14. The van der Waals surface area contributed by atoms with Crippen molar-refractivity contribution in [3.05, 3.63) is 42.0 Å². The number of nitrogens with two attached hydrogens (primary N) is 1. The summed E-state index contributed by atoms with van der Waals surface area (Å²) in [6.45, 7) is 3.35. The monoisotopic (exact) mass is 253 g/mol. The maximum atomic E-state index is 12.3. The molecule has 0 saturated carbocycles. The maximum absolute atomic E-state index is 12.3. The van der Waals surface area contributed by atoms with Gasteiger partial charge in [0.05, 0.1) is 11.6 Å². The SMILES string of the molecule is C=C[C@@H](N)c1cc(C(F)(F)F)ccc1O.Cl. The van der Waals surface area contributed by atoms with Gasteiger partial charge in [-0.2, -0.15) is 13.2 Å². The number of hydrogen-bond acceptors (Lipinski definition) is 2. The number of benzene rings is 1. The molecule has 1 rings (SSSR count). The highest BCUT2D eigenvalue weighted by atomic mass is 35.5. The Labute approximate surface area is 97.0 Å². The second-order valence-electron chi connectivity index (χ2n) is 3.03. The van der Waals surface area contributed by atoms with Gasteiger partial charge in [-0.1, -0.05) is 6.08 Å². The average Bonchev–Trinajstić information content (AvgIpc) is 2.15. The zero-order valence-electron chi connectivity index (χ0n) is 8.16. The summed E-state index contributed by atoms with van der Waals surface area (Å²) < 4.78 is 37.0. The van der Waals surface area contributed by atoms with Crippen molar-refractivity contribution in [2.45, 2.75) is 12.2 Å². The van der Waals surface area contributed by atoms with Crippen LogP contribution in [0.25, 0.3) is 0 Å². The lowest BCUT2D eigenvalue weighted by molar-refractivity contribution is -0.137. The summed E-state index contributed by atoms with van der Waals surface area (Å²) >= 11 is 0. The summed E-state index contributed by atoms with van der Waals surface area (Å²) in [5.74, 6) is -0.268. The van der Waals surface area contributed by atoms with E-state index >= 15 is 0 Å². The van der Waals surface area contributed by atoms with Gasteiger partial charge in [-0.05, 0) is 18.2 Å². The minimum absolute atomic E-state index is 0. The van der Waals surface area contributed by atoms with Crippen LogP contribution in [0, 0.1) is 0 Å². The van der Waals surface area contributed by atoms with Gasteiger partial charge in [-0.25, -0.2) is 0 Å². The van der Waals surface area contributed by atoms with Crippen LogP contribution in [-0.4, -0.2) is 5.11 Å². The Morgan fingerprint density at radius 1 is 1.38 bits per heavy atom. The number of alkyl halides is 3. The first-order chi connectivity index (χ1) is 6.86. The van der Waals surface area contributed by atoms with E-state index in [1.807, 2.05) is 0 Å². The highest BCUT2D eigenvalue weighted by molar-refractivity contribution is 5.85. The lowest BCUT2D eigenvalue weighted by Gasteiger charge is -2.13. The molecule has 0 spiro atoms. The third kappa shape index (κ3) is 3.15. The molecule has 0 bridgehead atoms. The molecule has 0 heterocycles. The molecule has 3 N–H and O–H groups in total. The first kappa shape index (κ1) is 14.8. The van der Waals surface area contributed by atoms with Crippen LogP contribution in [0.2, 0.25) is 0 Å². The van der Waals surface area contributed by atoms with E-state index in [1.54, 1.807) is 0 Å². The largest absolute Gasteiger partial charge is 0.508 e. The summed E-state index contributed by atoms with van der Waals surface area (Å²) in [7, 11) is 0. The minimum Gasteiger partial charge on any atom is -0.508 e. The van der Waals surface area contributed by atoms with E-state index in [0.717, 1.165) is 18.2 Å². The molecule has 0 aliphatic carbocycles. The Balaban J connectivity index is 0.00000225. The fraction of sp³-hybridized carbons (Fsp3) is 0.200. The molecule has 0 fully saturated rings. The second-order valence-corrected chi connectivity index (χ2v) is 3.03. The van der Waals surface area contributed by atoms with E-state index < -0.39 is 17.8 Å². The highest BCUT2D eigenvalue weighted by Gasteiger charge is 2.31. The summed E-state index contributed by atoms with van der Waals surface area (Å²) in [4.78, 5) is 0. The van der Waals surface area contributed by atoms with E-state index in [0.29, 0.717) is 0 Å². The topological polar surface area (TPSA) is 46.2 Å². The van der Waals surface area contributed by atoms with Gasteiger partial charge >= 0.3 is 6.18 Å². The molecule has 0 aromatic heterocycles. The number of rotatable bonds is 2. The predicted molar refractivity (Wildman–Crippen MR) is 57.5 cm³/mol. The summed E-state index contributed by atoms with van der Waals surface area (Å²) in [6.07, 6.45) is -3.18. The zero-order valence-corrected chi connectivity index (χ0v) is 8.98. The van der Waals surface area contributed by atoms with Gasteiger partial charge in [-0.3, -0.25) is 0 Å². The molecule has 0 saturated heterocycles. The molecule has 0 radical (unpaired) electrons. The van der Waals surface area contributed by atoms with E-state index in [9.17, 15) is 18.3 Å². The standard InChI is InChI=1S/C10H10F3NO.ClH/c1-2-8(14)7-5-6(10(11,12)13)3-4-9(7)15;/h2-5,8,15H,1,14H2;1H/t8-;/m1./s1. The van der Waals surface area contributed by atoms with Crippen LogP contribution < -0.4 is 5.73 Å². The van der Waals surface area contributed by atoms with Crippen LogP contribution in [0.15, 0.2) is 30.9 Å². The zero-order chi connectivity index (χ0) is 11.6. The van der Waals surface area contributed by atoms with E-state index in [-0.39, 0.29) is 23.7 Å². The first-order valence-corrected chi connectivity index (χ1v) is 4.14. The number of phenolic OH excluding ortho intramolecular Hbond substituents is 1. The van der Waals surface area contributed by atoms with Gasteiger partial charge in [0.2, 0.25) is 0 Å². The molecule has 1 atom stereocenters. The van der Waals surface area contributed by atoms with Crippen LogP contribution in [0.5, 0.6) is 5.75 Å². The van der Waals surface area contributed by atoms with E-state index in [1.165, 1.54) is 6.08 Å². The molecule has 0 unspecified atom stereocenters. The molecule has 1 aromatic carbocycles. The smallest absolute Gasteiger partial charge is 0.416 e. The summed E-state index contributed by atoms with van der Waals surface area (Å²) in [5.41, 5.74) is 4.64. The third-order valence-corrected chi connectivity index (χ3v) is 1.97. The molecule has 0 amide bonds. The Kier molecular flexibility index (Phi) is 4.83. The average molecular weight is 254 g/mol. The molecular weight excluding hydrogens is 243 g/mol.